The minimum Gasteiger partial charge on any atom is -0.367 e. The summed E-state index contributed by atoms with van der Waals surface area (Å²) in [6.07, 6.45) is 3.88. The zero-order chi connectivity index (χ0) is 15.5. The van der Waals surface area contributed by atoms with E-state index in [-0.39, 0.29) is 10.9 Å². The molecule has 0 bridgehead atoms. The molecule has 1 fully saturated rings. The molecule has 7 heteroatoms. The first kappa shape index (κ1) is 16.7. The highest BCUT2D eigenvalue weighted by atomic mass is 79.9. The van der Waals surface area contributed by atoms with E-state index in [1.807, 2.05) is 4.90 Å². The molecule has 1 aromatic rings. The minimum absolute atomic E-state index is 0.248. The summed E-state index contributed by atoms with van der Waals surface area (Å²) in [5, 5.41) is 0.792. The van der Waals surface area contributed by atoms with Crippen LogP contribution in [0.15, 0.2) is 29.2 Å². The van der Waals surface area contributed by atoms with E-state index in [4.69, 9.17) is 0 Å². The van der Waals surface area contributed by atoms with E-state index in [9.17, 15) is 17.2 Å². The molecule has 0 unspecified atom stereocenters. The van der Waals surface area contributed by atoms with Crippen LogP contribution in [-0.4, -0.2) is 32.1 Å². The Hall–Kier alpha value is -0.690. The number of benzene rings is 1. The zero-order valence-electron chi connectivity index (χ0n) is 11.5. The van der Waals surface area contributed by atoms with Crippen molar-refractivity contribution in [3.8, 4) is 0 Å². The van der Waals surface area contributed by atoms with E-state index in [1.165, 1.54) is 12.1 Å². The lowest BCUT2D eigenvalue weighted by atomic mass is 9.91. The molecule has 0 saturated heterocycles. The largest absolute Gasteiger partial charge is 0.367 e. The van der Waals surface area contributed by atoms with Crippen molar-refractivity contribution in [2.45, 2.75) is 42.4 Å². The second-order valence-corrected chi connectivity index (χ2v) is 7.77. The molecule has 1 aliphatic rings. The van der Waals surface area contributed by atoms with Crippen LogP contribution in [-0.2, 0) is 9.84 Å². The number of alkyl halides is 3. The lowest BCUT2D eigenvalue weighted by Crippen LogP contribution is -2.41. The van der Waals surface area contributed by atoms with Gasteiger partial charge in [-0.1, -0.05) is 28.1 Å². The Balaban J connectivity index is 2.40. The summed E-state index contributed by atoms with van der Waals surface area (Å²) in [5.74, 6) is -3.39. The minimum atomic E-state index is -4.58. The Morgan fingerprint density at radius 2 is 1.95 bits per heavy atom. The molecule has 21 heavy (non-hydrogen) atoms. The van der Waals surface area contributed by atoms with Gasteiger partial charge in [0.2, 0.25) is 9.84 Å². The second-order valence-electron chi connectivity index (χ2n) is 5.09. The number of hydrogen-bond donors (Lipinski definition) is 0. The lowest BCUT2D eigenvalue weighted by Gasteiger charge is -2.40. The Bertz CT molecular complexity index is 576. The van der Waals surface area contributed by atoms with Crippen molar-refractivity contribution in [1.82, 2.24) is 0 Å². The van der Waals surface area contributed by atoms with Crippen molar-refractivity contribution in [3.63, 3.8) is 0 Å². The molecule has 1 aliphatic carbocycles. The van der Waals surface area contributed by atoms with E-state index in [0.717, 1.165) is 31.0 Å². The molecule has 0 aromatic heterocycles. The van der Waals surface area contributed by atoms with Gasteiger partial charge in [0.15, 0.2) is 0 Å². The summed E-state index contributed by atoms with van der Waals surface area (Å²) in [4.78, 5) is 1.71. The highest BCUT2D eigenvalue weighted by Gasteiger charge is 2.33. The van der Waals surface area contributed by atoms with Gasteiger partial charge >= 0.3 is 5.76 Å². The third-order valence-corrected chi connectivity index (χ3v) is 5.75. The van der Waals surface area contributed by atoms with Gasteiger partial charge in [-0.15, -0.1) is 0 Å². The van der Waals surface area contributed by atoms with E-state index < -0.39 is 15.6 Å². The molecule has 1 saturated carbocycles. The number of nitrogens with zero attached hydrogens (tertiary/aromatic N) is 1. The Labute approximate surface area is 132 Å². The van der Waals surface area contributed by atoms with Gasteiger partial charge in [0, 0.05) is 17.9 Å². The van der Waals surface area contributed by atoms with Crippen LogP contribution in [0, 0.1) is 0 Å². The Kier molecular flexibility index (Phi) is 5.60. The van der Waals surface area contributed by atoms with Crippen LogP contribution < -0.4 is 4.90 Å². The maximum Gasteiger partial charge on any atom is 0.341 e. The van der Waals surface area contributed by atoms with Gasteiger partial charge in [-0.25, -0.2) is 8.42 Å². The number of halogens is 3. The fourth-order valence-corrected chi connectivity index (χ4v) is 3.65. The lowest BCUT2D eigenvalue weighted by molar-refractivity contribution is 0.234. The fourth-order valence-electron chi connectivity index (χ4n) is 2.46. The predicted octanol–water partition coefficient (Wildman–Crippen LogP) is 3.83. The third kappa shape index (κ3) is 3.56. The van der Waals surface area contributed by atoms with Crippen molar-refractivity contribution in [2.24, 2.45) is 0 Å². The fraction of sp³-hybridized carbons (Fsp3) is 0.571. The summed E-state index contributed by atoms with van der Waals surface area (Å²) >= 11 is 3.36. The average molecular weight is 382 g/mol. The molecule has 2 rings (SSSR count). The Morgan fingerprint density at radius 3 is 2.48 bits per heavy atom. The predicted molar refractivity (Wildman–Crippen MR) is 83.0 cm³/mol. The zero-order valence-corrected chi connectivity index (χ0v) is 13.9. The molecule has 0 atom stereocenters. The number of sulfone groups is 1. The average Bonchev–Trinajstić information content (AvgIpc) is 2.41. The molecule has 3 nitrogen and oxygen atoms in total. The summed E-state index contributed by atoms with van der Waals surface area (Å²) in [6, 6.07) is 6.33. The summed E-state index contributed by atoms with van der Waals surface area (Å²) < 4.78 is 49.5. The molecule has 118 valence electrons. The van der Waals surface area contributed by atoms with Crippen LogP contribution >= 0.6 is 15.9 Å². The molecule has 0 amide bonds. The van der Waals surface area contributed by atoms with Gasteiger partial charge in [-0.2, -0.15) is 8.78 Å². The van der Waals surface area contributed by atoms with Crippen LogP contribution in [0.2, 0.25) is 0 Å². The maximum atomic E-state index is 12.9. The first-order chi connectivity index (χ1) is 9.98. The third-order valence-electron chi connectivity index (χ3n) is 3.76. The molecule has 0 aliphatic heterocycles. The van der Waals surface area contributed by atoms with Gasteiger partial charge in [0.25, 0.3) is 0 Å². The van der Waals surface area contributed by atoms with Crippen molar-refractivity contribution >= 4 is 31.5 Å². The van der Waals surface area contributed by atoms with Crippen molar-refractivity contribution in [1.29, 1.82) is 0 Å². The topological polar surface area (TPSA) is 37.4 Å². The monoisotopic (exact) mass is 381 g/mol. The van der Waals surface area contributed by atoms with Gasteiger partial charge in [0.05, 0.1) is 10.6 Å². The maximum absolute atomic E-state index is 12.9. The standard InChI is InChI=1S/C14H18BrF2NO2S/c15-9-4-10-18(11-5-3-6-11)12-7-1-2-8-13(12)21(19,20)14(16)17/h1-2,7-8,11,14H,3-6,9-10H2. The molecular formula is C14H18BrF2NO2S. The first-order valence-corrected chi connectivity index (χ1v) is 9.59. The van der Waals surface area contributed by atoms with Crippen LogP contribution in [0.1, 0.15) is 25.7 Å². The number of para-hydroxylation sites is 1. The van der Waals surface area contributed by atoms with Crippen LogP contribution in [0.3, 0.4) is 0 Å². The molecule has 1 aromatic carbocycles. The van der Waals surface area contributed by atoms with E-state index in [2.05, 4.69) is 15.9 Å². The van der Waals surface area contributed by atoms with Crippen molar-refractivity contribution in [3.05, 3.63) is 24.3 Å². The van der Waals surface area contributed by atoms with Gasteiger partial charge < -0.3 is 4.90 Å². The van der Waals surface area contributed by atoms with E-state index in [1.54, 1.807) is 12.1 Å². The normalized spacial score (nSPS) is 16.0. The number of anilines is 1. The highest BCUT2D eigenvalue weighted by molar-refractivity contribution is 9.09. The molecular weight excluding hydrogens is 364 g/mol. The molecule has 0 heterocycles. The van der Waals surface area contributed by atoms with Crippen molar-refractivity contribution < 1.29 is 17.2 Å². The summed E-state index contributed by atoms with van der Waals surface area (Å²) in [7, 11) is -4.58. The van der Waals surface area contributed by atoms with Crippen molar-refractivity contribution in [2.75, 3.05) is 16.8 Å². The summed E-state index contributed by atoms with van der Waals surface area (Å²) in [6.45, 7) is 0.658. The molecule has 0 N–H and O–H groups in total. The van der Waals surface area contributed by atoms with Crippen LogP contribution in [0.5, 0.6) is 0 Å². The highest BCUT2D eigenvalue weighted by Crippen LogP contribution is 2.35. The van der Waals surface area contributed by atoms with E-state index >= 15 is 0 Å². The SMILES string of the molecule is O=S(=O)(c1ccccc1N(CCCBr)C1CCC1)C(F)F. The van der Waals surface area contributed by atoms with Gasteiger partial charge in [0.1, 0.15) is 0 Å². The smallest absolute Gasteiger partial charge is 0.341 e. The molecule has 0 radical (unpaired) electrons. The summed E-state index contributed by atoms with van der Waals surface area (Å²) in [5.41, 5.74) is 0.406. The van der Waals surface area contributed by atoms with Crippen LogP contribution in [0.25, 0.3) is 0 Å². The second kappa shape index (κ2) is 7.05. The first-order valence-electron chi connectivity index (χ1n) is 6.92. The van der Waals surface area contributed by atoms with Gasteiger partial charge in [-0.05, 0) is 37.8 Å². The Morgan fingerprint density at radius 1 is 1.29 bits per heavy atom. The van der Waals surface area contributed by atoms with E-state index in [0.29, 0.717) is 12.2 Å². The van der Waals surface area contributed by atoms with Gasteiger partial charge in [-0.3, -0.25) is 0 Å². The quantitative estimate of drug-likeness (QED) is 0.673. The molecule has 0 spiro atoms. The number of hydrogen-bond acceptors (Lipinski definition) is 3. The number of rotatable bonds is 7. The van der Waals surface area contributed by atoms with Crippen LogP contribution in [0.4, 0.5) is 14.5 Å².